The number of esters is 1. The number of hydrogen-bond donors (Lipinski definition) is 0. The second-order valence-electron chi connectivity index (χ2n) is 6.61. The van der Waals surface area contributed by atoms with E-state index in [1.807, 2.05) is 0 Å². The molecule has 12 heteroatoms. The Hall–Kier alpha value is -3.44. The molecule has 0 aliphatic carbocycles. The summed E-state index contributed by atoms with van der Waals surface area (Å²) in [6.45, 7) is 2.27. The molecule has 0 radical (unpaired) electrons. The van der Waals surface area contributed by atoms with E-state index in [1.165, 1.54) is 6.92 Å². The fourth-order valence-electron chi connectivity index (χ4n) is 2.92. The lowest BCUT2D eigenvalue weighted by Crippen LogP contribution is -2.16. The number of carbonyl (C=O) groups excluding carboxylic acids is 2. The molecule has 0 aliphatic rings. The Morgan fingerprint density at radius 1 is 1.13 bits per heavy atom. The number of carbonyl (C=O) groups is 2. The van der Waals surface area contributed by atoms with Crippen molar-refractivity contribution in [1.82, 2.24) is 19.6 Å². The fourth-order valence-corrected chi connectivity index (χ4v) is 2.92. The highest BCUT2D eigenvalue weighted by molar-refractivity contribution is 5.98. The van der Waals surface area contributed by atoms with Gasteiger partial charge in [0.2, 0.25) is 5.78 Å². The average Bonchev–Trinajstić information content (AvgIpc) is 3.12. The molecule has 31 heavy (non-hydrogen) atoms. The second-order valence-corrected chi connectivity index (χ2v) is 6.61. The molecule has 0 saturated heterocycles. The Morgan fingerprint density at radius 3 is 2.52 bits per heavy atom. The average molecular weight is 442 g/mol. The first kappa shape index (κ1) is 22.2. The van der Waals surface area contributed by atoms with Crippen LogP contribution < -0.4 is 0 Å². The van der Waals surface area contributed by atoms with Crippen molar-refractivity contribution >= 4 is 17.5 Å². The minimum Gasteiger partial charge on any atom is -0.457 e. The van der Waals surface area contributed by atoms with Gasteiger partial charge in [0.15, 0.2) is 6.61 Å². The van der Waals surface area contributed by atoms with Crippen LogP contribution in [0.15, 0.2) is 18.2 Å². The molecule has 0 fully saturated rings. The molecule has 3 aromatic rings. The minimum atomic E-state index is -4.73. The lowest BCUT2D eigenvalue weighted by Gasteiger charge is -2.10. The number of aromatic nitrogens is 4. The predicted octanol–water partition coefficient (Wildman–Crippen LogP) is 3.40. The fraction of sp³-hybridized carbons (Fsp3) is 0.316. The zero-order valence-electron chi connectivity index (χ0n) is 16.3. The highest BCUT2D eigenvalue weighted by Crippen LogP contribution is 2.27. The van der Waals surface area contributed by atoms with Crippen molar-refractivity contribution in [3.05, 3.63) is 58.2 Å². The van der Waals surface area contributed by atoms with E-state index in [9.17, 15) is 31.5 Å². The summed E-state index contributed by atoms with van der Waals surface area (Å²) in [5, 5.41) is 3.41. The van der Waals surface area contributed by atoms with Crippen LogP contribution in [0.1, 0.15) is 39.6 Å². The van der Waals surface area contributed by atoms with Crippen LogP contribution in [0.3, 0.4) is 0 Å². The number of hydrogen-bond acceptors (Lipinski definition) is 6. The molecular weight excluding hydrogens is 427 g/mol. The van der Waals surface area contributed by atoms with Gasteiger partial charge in [0, 0.05) is 17.8 Å². The van der Waals surface area contributed by atoms with Crippen LogP contribution in [0.4, 0.5) is 22.0 Å². The highest BCUT2D eigenvalue weighted by Gasteiger charge is 2.37. The number of rotatable bonds is 6. The SMILES string of the molecule is Cc1nc2nc(C(F)(F)F)nn2c(C)c1CCC(=O)OCC(=O)c1cc(F)ccc1F. The van der Waals surface area contributed by atoms with Gasteiger partial charge in [0.1, 0.15) is 11.6 Å². The minimum absolute atomic E-state index is 0.0448. The summed E-state index contributed by atoms with van der Waals surface area (Å²) in [5.74, 6) is -5.04. The second kappa shape index (κ2) is 8.36. The van der Waals surface area contributed by atoms with Crippen molar-refractivity contribution in [3.63, 3.8) is 0 Å². The largest absolute Gasteiger partial charge is 0.457 e. The number of alkyl halides is 3. The number of ketones is 1. The third-order valence-corrected chi connectivity index (χ3v) is 4.47. The molecule has 0 bridgehead atoms. The zero-order chi connectivity index (χ0) is 22.9. The van der Waals surface area contributed by atoms with E-state index in [4.69, 9.17) is 4.74 Å². The number of fused-ring (bicyclic) bond motifs is 1. The van der Waals surface area contributed by atoms with Gasteiger partial charge in [-0.2, -0.15) is 18.2 Å². The Labute approximate surface area is 171 Å². The molecule has 3 rings (SSSR count). The first-order valence-corrected chi connectivity index (χ1v) is 8.91. The quantitative estimate of drug-likeness (QED) is 0.331. The van der Waals surface area contributed by atoms with Crippen molar-refractivity contribution in [3.8, 4) is 0 Å². The Kier molecular flexibility index (Phi) is 6.00. The molecule has 0 spiro atoms. The molecule has 0 amide bonds. The van der Waals surface area contributed by atoms with Gasteiger partial charge in [0.05, 0.1) is 5.56 Å². The van der Waals surface area contributed by atoms with Crippen molar-refractivity contribution in [2.75, 3.05) is 6.61 Å². The van der Waals surface area contributed by atoms with E-state index in [-0.39, 0.29) is 18.6 Å². The maximum atomic E-state index is 13.6. The molecule has 2 aromatic heterocycles. The van der Waals surface area contributed by atoms with E-state index < -0.39 is 47.6 Å². The molecule has 0 saturated carbocycles. The molecular formula is C19H15F5N4O3. The Balaban J connectivity index is 1.67. The highest BCUT2D eigenvalue weighted by atomic mass is 19.4. The van der Waals surface area contributed by atoms with Gasteiger partial charge in [-0.05, 0) is 44.0 Å². The smallest absolute Gasteiger partial charge is 0.453 e. The number of aryl methyl sites for hydroxylation is 2. The lowest BCUT2D eigenvalue weighted by atomic mass is 10.1. The van der Waals surface area contributed by atoms with Crippen LogP contribution >= 0.6 is 0 Å². The molecule has 1 aromatic carbocycles. The van der Waals surface area contributed by atoms with E-state index >= 15 is 0 Å². The van der Waals surface area contributed by atoms with Crippen LogP contribution in [0.5, 0.6) is 0 Å². The van der Waals surface area contributed by atoms with Crippen LogP contribution in [-0.4, -0.2) is 37.9 Å². The lowest BCUT2D eigenvalue weighted by molar-refractivity contribution is -0.145. The first-order chi connectivity index (χ1) is 14.5. The van der Waals surface area contributed by atoms with Gasteiger partial charge in [0.25, 0.3) is 11.6 Å². The zero-order valence-corrected chi connectivity index (χ0v) is 16.3. The molecule has 0 aliphatic heterocycles. The summed E-state index contributed by atoms with van der Waals surface area (Å²) < 4.78 is 71.0. The standard InChI is InChI=1S/C19H15F5N4O3/c1-9-12(10(2)28-18(25-9)26-17(27-28)19(22,23)24)4-6-16(30)31-8-15(29)13-7-11(20)3-5-14(13)21/h3,5,7H,4,6,8H2,1-2H3. The van der Waals surface area contributed by atoms with Crippen molar-refractivity contribution in [2.24, 2.45) is 0 Å². The van der Waals surface area contributed by atoms with Gasteiger partial charge in [-0.3, -0.25) is 9.59 Å². The van der Waals surface area contributed by atoms with E-state index in [0.717, 1.165) is 16.6 Å². The van der Waals surface area contributed by atoms with Crippen molar-refractivity contribution in [1.29, 1.82) is 0 Å². The Bertz CT molecular complexity index is 1170. The van der Waals surface area contributed by atoms with Crippen molar-refractivity contribution in [2.45, 2.75) is 32.9 Å². The van der Waals surface area contributed by atoms with Gasteiger partial charge in [-0.15, -0.1) is 5.10 Å². The number of ether oxygens (including phenoxy) is 1. The summed E-state index contributed by atoms with van der Waals surface area (Å²) in [4.78, 5) is 31.3. The van der Waals surface area contributed by atoms with Crippen LogP contribution in [-0.2, 0) is 22.1 Å². The molecule has 0 atom stereocenters. The summed E-state index contributed by atoms with van der Waals surface area (Å²) >= 11 is 0. The maximum Gasteiger partial charge on any atom is 0.453 e. The summed E-state index contributed by atoms with van der Waals surface area (Å²) in [6, 6.07) is 2.33. The third kappa shape index (κ3) is 4.84. The third-order valence-electron chi connectivity index (χ3n) is 4.47. The van der Waals surface area contributed by atoms with Crippen LogP contribution in [0.25, 0.3) is 5.78 Å². The normalized spacial score (nSPS) is 11.7. The summed E-state index contributed by atoms with van der Waals surface area (Å²) in [7, 11) is 0. The molecule has 2 heterocycles. The number of nitrogens with zero attached hydrogens (tertiary/aromatic N) is 4. The van der Waals surface area contributed by atoms with Crippen LogP contribution in [0, 0.1) is 25.5 Å². The maximum absolute atomic E-state index is 13.6. The number of Topliss-reactive ketones (excluding diaryl/α,β-unsaturated/α-hetero) is 1. The van der Waals surface area contributed by atoms with Crippen LogP contribution in [0.2, 0.25) is 0 Å². The predicted molar refractivity (Wildman–Crippen MR) is 95.2 cm³/mol. The van der Waals surface area contributed by atoms with Gasteiger partial charge in [-0.25, -0.2) is 18.3 Å². The van der Waals surface area contributed by atoms with E-state index in [2.05, 4.69) is 15.1 Å². The molecule has 7 nitrogen and oxygen atoms in total. The monoisotopic (exact) mass is 442 g/mol. The number of benzene rings is 1. The van der Waals surface area contributed by atoms with Crippen molar-refractivity contribution < 1.29 is 36.3 Å². The Morgan fingerprint density at radius 2 is 1.84 bits per heavy atom. The summed E-state index contributed by atoms with van der Waals surface area (Å²) in [6.07, 6.45) is -4.91. The number of halogens is 5. The molecule has 0 N–H and O–H groups in total. The van der Waals surface area contributed by atoms with Gasteiger partial charge < -0.3 is 4.74 Å². The van der Waals surface area contributed by atoms with E-state index in [1.54, 1.807) is 6.92 Å². The van der Waals surface area contributed by atoms with E-state index in [0.29, 0.717) is 23.0 Å². The van der Waals surface area contributed by atoms with Gasteiger partial charge >= 0.3 is 12.1 Å². The summed E-state index contributed by atoms with van der Waals surface area (Å²) in [5.41, 5.74) is 0.597. The molecule has 0 unspecified atom stereocenters. The first-order valence-electron chi connectivity index (χ1n) is 8.91. The topological polar surface area (TPSA) is 86.4 Å². The molecule has 164 valence electrons. The van der Waals surface area contributed by atoms with Gasteiger partial charge in [-0.1, -0.05) is 0 Å².